The molecule has 0 aromatic heterocycles. The molecule has 3 rings (SSSR count). The van der Waals surface area contributed by atoms with Crippen LogP contribution >= 0.6 is 11.8 Å². The Labute approximate surface area is 158 Å². The van der Waals surface area contributed by atoms with Gasteiger partial charge in [-0.1, -0.05) is 12.1 Å². The van der Waals surface area contributed by atoms with E-state index in [1.807, 2.05) is 0 Å². The third-order valence-corrected chi connectivity index (χ3v) is 5.25. The fraction of sp³-hybridized carbons (Fsp3) is 0.211. The van der Waals surface area contributed by atoms with Crippen molar-refractivity contribution in [1.82, 2.24) is 4.90 Å². The predicted octanol–water partition coefficient (Wildman–Crippen LogP) is 3.32. The minimum atomic E-state index is -0.855. The molecule has 3 amide bonds. The first-order valence-corrected chi connectivity index (χ1v) is 9.26. The molecule has 27 heavy (non-hydrogen) atoms. The van der Waals surface area contributed by atoms with E-state index in [0.29, 0.717) is 22.9 Å². The van der Waals surface area contributed by atoms with Crippen LogP contribution in [0.1, 0.15) is 27.6 Å². The summed E-state index contributed by atoms with van der Waals surface area (Å²) >= 11 is 1.23. The Hall–Kier alpha value is -2.74. The number of nitrogens with one attached hydrogen (secondary N) is 1. The topological polar surface area (TPSA) is 66.5 Å². The molecule has 1 aliphatic heterocycles. The van der Waals surface area contributed by atoms with E-state index in [4.69, 9.17) is 0 Å². The second kappa shape index (κ2) is 7.87. The van der Waals surface area contributed by atoms with Gasteiger partial charge in [-0.3, -0.25) is 19.3 Å². The van der Waals surface area contributed by atoms with Crippen LogP contribution in [-0.2, 0) is 4.79 Å². The monoisotopic (exact) mass is 390 g/mol. The number of halogens is 2. The van der Waals surface area contributed by atoms with Crippen LogP contribution in [0.4, 0.5) is 14.5 Å². The van der Waals surface area contributed by atoms with E-state index < -0.39 is 22.8 Å². The molecule has 0 saturated carbocycles. The van der Waals surface area contributed by atoms with E-state index in [-0.39, 0.29) is 24.0 Å². The van der Waals surface area contributed by atoms with Gasteiger partial charge in [-0.15, -0.1) is 11.8 Å². The van der Waals surface area contributed by atoms with Crippen LogP contribution < -0.4 is 5.32 Å². The highest BCUT2D eigenvalue weighted by molar-refractivity contribution is 8.00. The molecule has 2 aromatic rings. The fourth-order valence-electron chi connectivity index (χ4n) is 2.66. The lowest BCUT2D eigenvalue weighted by atomic mass is 10.1. The van der Waals surface area contributed by atoms with Crippen molar-refractivity contribution in [2.75, 3.05) is 17.6 Å². The maximum absolute atomic E-state index is 13.6. The summed E-state index contributed by atoms with van der Waals surface area (Å²) in [5, 5.41) is 1.85. The van der Waals surface area contributed by atoms with Crippen LogP contribution in [0.5, 0.6) is 0 Å². The Morgan fingerprint density at radius 3 is 2.33 bits per heavy atom. The van der Waals surface area contributed by atoms with E-state index in [2.05, 4.69) is 5.32 Å². The highest BCUT2D eigenvalue weighted by Crippen LogP contribution is 2.23. The number of imide groups is 1. The summed E-state index contributed by atoms with van der Waals surface area (Å²) in [4.78, 5) is 37.8. The molecular formula is C19H16F2N2O3S. The number of anilines is 1. The van der Waals surface area contributed by atoms with Crippen LogP contribution in [0.2, 0.25) is 0 Å². The highest BCUT2D eigenvalue weighted by atomic mass is 32.2. The van der Waals surface area contributed by atoms with Crippen molar-refractivity contribution < 1.29 is 23.2 Å². The van der Waals surface area contributed by atoms with E-state index in [0.717, 1.165) is 17.0 Å². The van der Waals surface area contributed by atoms with Crippen molar-refractivity contribution in [3.05, 3.63) is 65.2 Å². The Balaban J connectivity index is 1.52. The highest BCUT2D eigenvalue weighted by Gasteiger charge is 2.34. The molecule has 1 unspecified atom stereocenters. The Kier molecular flexibility index (Phi) is 5.55. The summed E-state index contributed by atoms with van der Waals surface area (Å²) in [5.41, 5.74) is 0.657. The molecule has 0 fully saturated rings. The van der Waals surface area contributed by atoms with Gasteiger partial charge in [0, 0.05) is 18.4 Å². The second-order valence-corrected chi connectivity index (χ2v) is 7.38. The third kappa shape index (κ3) is 4.00. The number of rotatable bonds is 6. The molecule has 0 bridgehead atoms. The molecule has 1 heterocycles. The maximum atomic E-state index is 13.6. The lowest BCUT2D eigenvalue weighted by molar-refractivity contribution is -0.115. The minimum absolute atomic E-state index is 0.103. The number of thioether (sulfide) groups is 1. The van der Waals surface area contributed by atoms with Gasteiger partial charge < -0.3 is 5.32 Å². The van der Waals surface area contributed by atoms with Gasteiger partial charge in [-0.25, -0.2) is 8.78 Å². The number of carbonyl (C=O) groups excluding carboxylic acids is 3. The van der Waals surface area contributed by atoms with Crippen LogP contribution in [0, 0.1) is 11.6 Å². The zero-order chi connectivity index (χ0) is 19.6. The summed E-state index contributed by atoms with van der Waals surface area (Å²) in [7, 11) is 0. The van der Waals surface area contributed by atoms with Crippen molar-refractivity contribution in [3.63, 3.8) is 0 Å². The van der Waals surface area contributed by atoms with Crippen LogP contribution in [0.25, 0.3) is 0 Å². The van der Waals surface area contributed by atoms with Crippen molar-refractivity contribution in [2.45, 2.75) is 12.2 Å². The molecule has 1 N–H and O–H groups in total. The molecule has 140 valence electrons. The molecule has 0 saturated heterocycles. The van der Waals surface area contributed by atoms with Gasteiger partial charge in [0.1, 0.15) is 11.6 Å². The largest absolute Gasteiger partial charge is 0.323 e. The summed E-state index contributed by atoms with van der Waals surface area (Å²) in [6.45, 7) is 1.79. The summed E-state index contributed by atoms with van der Waals surface area (Å²) in [5.74, 6) is -2.37. The van der Waals surface area contributed by atoms with E-state index in [1.54, 1.807) is 31.2 Å². The van der Waals surface area contributed by atoms with Gasteiger partial charge in [0.05, 0.1) is 22.1 Å². The average molecular weight is 390 g/mol. The average Bonchev–Trinajstić information content (AvgIpc) is 2.89. The number of amides is 3. The molecule has 0 aliphatic carbocycles. The van der Waals surface area contributed by atoms with Gasteiger partial charge in [-0.2, -0.15) is 0 Å². The quantitative estimate of drug-likeness (QED) is 0.769. The Morgan fingerprint density at radius 2 is 1.74 bits per heavy atom. The van der Waals surface area contributed by atoms with Gasteiger partial charge >= 0.3 is 0 Å². The van der Waals surface area contributed by atoms with E-state index >= 15 is 0 Å². The smallest absolute Gasteiger partial charge is 0.261 e. The number of nitrogens with zero attached hydrogens (tertiary/aromatic N) is 1. The number of benzene rings is 2. The van der Waals surface area contributed by atoms with E-state index in [9.17, 15) is 23.2 Å². The van der Waals surface area contributed by atoms with Crippen molar-refractivity contribution >= 4 is 35.2 Å². The molecule has 0 radical (unpaired) electrons. The van der Waals surface area contributed by atoms with Crippen LogP contribution in [0.15, 0.2) is 42.5 Å². The number of fused-ring (bicyclic) bond motifs is 1. The zero-order valence-corrected chi connectivity index (χ0v) is 15.2. The first-order chi connectivity index (χ1) is 12.9. The SMILES string of the molecule is CC(SCCN1C(=O)c2ccccc2C1=O)C(=O)Nc1ccc(F)cc1F. The lowest BCUT2D eigenvalue weighted by Crippen LogP contribution is -2.32. The molecule has 0 spiro atoms. The summed E-state index contributed by atoms with van der Waals surface area (Å²) in [6, 6.07) is 9.51. The minimum Gasteiger partial charge on any atom is -0.323 e. The van der Waals surface area contributed by atoms with Crippen molar-refractivity contribution in [3.8, 4) is 0 Å². The zero-order valence-electron chi connectivity index (χ0n) is 14.4. The molecule has 5 nitrogen and oxygen atoms in total. The standard InChI is InChI=1S/C19H16F2N2O3S/c1-11(17(24)22-16-7-6-12(20)10-15(16)21)27-9-8-23-18(25)13-4-2-3-5-14(13)19(23)26/h2-7,10-11H,8-9H2,1H3,(H,22,24). The van der Waals surface area contributed by atoms with Gasteiger partial charge in [0.15, 0.2) is 0 Å². The number of carbonyl (C=O) groups is 3. The summed E-state index contributed by atoms with van der Waals surface area (Å²) in [6.07, 6.45) is 0. The van der Waals surface area contributed by atoms with Crippen molar-refractivity contribution in [2.24, 2.45) is 0 Å². The number of hydrogen-bond acceptors (Lipinski definition) is 4. The lowest BCUT2D eigenvalue weighted by Gasteiger charge is -2.16. The number of hydrogen-bond donors (Lipinski definition) is 1. The van der Waals surface area contributed by atoms with Crippen LogP contribution in [0.3, 0.4) is 0 Å². The first kappa shape index (κ1) is 19.0. The van der Waals surface area contributed by atoms with Crippen LogP contribution in [-0.4, -0.2) is 40.2 Å². The Bertz CT molecular complexity index is 885. The van der Waals surface area contributed by atoms with Gasteiger partial charge in [0.25, 0.3) is 11.8 Å². The molecule has 2 aromatic carbocycles. The maximum Gasteiger partial charge on any atom is 0.261 e. The third-order valence-electron chi connectivity index (χ3n) is 4.12. The molecule has 8 heteroatoms. The van der Waals surface area contributed by atoms with E-state index in [1.165, 1.54) is 11.8 Å². The summed E-state index contributed by atoms with van der Waals surface area (Å²) < 4.78 is 26.5. The second-order valence-electron chi connectivity index (χ2n) is 5.93. The normalized spacial score (nSPS) is 14.3. The van der Waals surface area contributed by atoms with Gasteiger partial charge in [-0.05, 0) is 31.2 Å². The molecular weight excluding hydrogens is 374 g/mol. The Morgan fingerprint density at radius 1 is 1.11 bits per heavy atom. The van der Waals surface area contributed by atoms with Gasteiger partial charge in [0.2, 0.25) is 5.91 Å². The molecule has 1 aliphatic rings. The molecule has 1 atom stereocenters. The predicted molar refractivity (Wildman–Crippen MR) is 98.7 cm³/mol. The van der Waals surface area contributed by atoms with Crippen molar-refractivity contribution in [1.29, 1.82) is 0 Å². The fourth-order valence-corrected chi connectivity index (χ4v) is 3.52. The first-order valence-electron chi connectivity index (χ1n) is 8.21.